The van der Waals surface area contributed by atoms with Crippen molar-refractivity contribution < 1.29 is 68.9 Å². The fourth-order valence-electron chi connectivity index (χ4n) is 9.42. The van der Waals surface area contributed by atoms with Crippen molar-refractivity contribution in [3.05, 3.63) is 63.7 Å². The molecule has 0 saturated heterocycles. The van der Waals surface area contributed by atoms with E-state index in [1.165, 1.54) is 25.3 Å². The zero-order valence-electron chi connectivity index (χ0n) is 32.6. The second kappa shape index (κ2) is 16.5. The number of carbonyl (C=O) groups excluding carboxylic acids is 5. The van der Waals surface area contributed by atoms with Crippen LogP contribution in [0.5, 0.6) is 17.2 Å². The van der Waals surface area contributed by atoms with Crippen LogP contribution in [0.1, 0.15) is 114 Å². The summed E-state index contributed by atoms with van der Waals surface area (Å²) >= 11 is 0. The number of carboxylic acid groups (broad SMARTS) is 1. The first kappa shape index (κ1) is 42.3. The molecule has 2 amide bonds. The number of rotatable bonds is 10. The fourth-order valence-corrected chi connectivity index (χ4v) is 9.42. The van der Waals surface area contributed by atoms with Gasteiger partial charge in [-0.15, -0.1) is 0 Å². The number of carboxylic acids is 1. The minimum Gasteiger partial charge on any atom is -0.507 e. The van der Waals surface area contributed by atoms with Crippen molar-refractivity contribution in [2.45, 2.75) is 101 Å². The number of ether oxygens (including phenoxy) is 2. The van der Waals surface area contributed by atoms with Gasteiger partial charge in [0.2, 0.25) is 11.7 Å². The Labute approximate surface area is 334 Å². The van der Waals surface area contributed by atoms with Gasteiger partial charge in [-0.3, -0.25) is 24.0 Å². The van der Waals surface area contributed by atoms with Crippen molar-refractivity contribution in [3.8, 4) is 17.2 Å². The van der Waals surface area contributed by atoms with Crippen molar-refractivity contribution in [1.82, 2.24) is 10.6 Å². The number of benzene rings is 2. The molecule has 0 heterocycles. The number of nitrogens with one attached hydrogen (secondary N) is 2. The smallest absolute Gasteiger partial charge is 0.408 e. The molecule has 0 bridgehead atoms. The van der Waals surface area contributed by atoms with E-state index in [2.05, 4.69) is 10.6 Å². The molecule has 4 aliphatic rings. The van der Waals surface area contributed by atoms with Gasteiger partial charge in [-0.1, -0.05) is 32.1 Å². The number of amides is 2. The highest BCUT2D eigenvalue weighted by molar-refractivity contribution is 6.31. The number of phenols is 2. The zero-order valence-corrected chi connectivity index (χ0v) is 32.6. The summed E-state index contributed by atoms with van der Waals surface area (Å²) < 4.78 is 11.1. The third-order valence-corrected chi connectivity index (χ3v) is 12.5. The Morgan fingerprint density at radius 3 is 2.41 bits per heavy atom. The van der Waals surface area contributed by atoms with Crippen LogP contribution in [0.4, 0.5) is 4.79 Å². The summed E-state index contributed by atoms with van der Waals surface area (Å²) in [5.41, 5.74) is -4.16. The van der Waals surface area contributed by atoms with Crippen LogP contribution in [0.2, 0.25) is 0 Å². The lowest BCUT2D eigenvalue weighted by Crippen LogP contribution is -2.51. The van der Waals surface area contributed by atoms with Crippen molar-refractivity contribution in [3.63, 3.8) is 0 Å². The molecule has 58 heavy (non-hydrogen) atoms. The number of hydrogen-bond donors (Lipinski definition) is 8. The first-order valence-corrected chi connectivity index (χ1v) is 19.5. The number of aromatic hydroxyl groups is 2. The Bertz CT molecular complexity index is 2060. The Morgan fingerprint density at radius 1 is 1.00 bits per heavy atom. The number of Topliss-reactive ketones (excluding diaryl/α,β-unsaturated/α-hetero) is 1. The van der Waals surface area contributed by atoms with Crippen LogP contribution in [0, 0.1) is 17.3 Å². The molecule has 16 nitrogen and oxygen atoms in total. The van der Waals surface area contributed by atoms with Crippen molar-refractivity contribution in [2.75, 3.05) is 20.3 Å². The van der Waals surface area contributed by atoms with E-state index in [4.69, 9.17) is 14.6 Å². The van der Waals surface area contributed by atoms with Gasteiger partial charge in [0.05, 0.1) is 35.9 Å². The van der Waals surface area contributed by atoms with Crippen LogP contribution in [0.15, 0.2) is 30.4 Å². The summed E-state index contributed by atoms with van der Waals surface area (Å²) in [6, 6.07) is 3.56. The highest BCUT2D eigenvalue weighted by atomic mass is 16.6. The van der Waals surface area contributed by atoms with Crippen LogP contribution < -0.4 is 15.4 Å². The SMILES string of the molecule is COc1cccc2c1C(=O)c1c(O)c3c(c(O)c1C2=O)C[C@@](O)(C(=O)CO)C[C@@H]3C[C@@H]1C[C@@H](C)[C@@H](O)[C@@H](NC(=O)O[C@H]2/C=C/CC[C@@](C)(C(=O)NCC(=O)O)CC2)C1. The van der Waals surface area contributed by atoms with E-state index in [0.717, 1.165) is 0 Å². The molecule has 16 heteroatoms. The molecular weight excluding hydrogens is 756 g/mol. The van der Waals surface area contributed by atoms with Gasteiger partial charge in [-0.2, -0.15) is 0 Å². The zero-order chi connectivity index (χ0) is 42.3. The van der Waals surface area contributed by atoms with E-state index < -0.39 is 113 Å². The third-order valence-electron chi connectivity index (χ3n) is 12.5. The Morgan fingerprint density at radius 2 is 1.72 bits per heavy atom. The van der Waals surface area contributed by atoms with Gasteiger partial charge in [-0.05, 0) is 81.3 Å². The van der Waals surface area contributed by atoms with Gasteiger partial charge in [0.25, 0.3) is 0 Å². The van der Waals surface area contributed by atoms with E-state index in [1.54, 1.807) is 26.0 Å². The van der Waals surface area contributed by atoms with Gasteiger partial charge in [0, 0.05) is 28.5 Å². The molecule has 0 spiro atoms. The average molecular weight is 807 g/mol. The lowest BCUT2D eigenvalue weighted by atomic mass is 9.65. The number of alkyl carbamates (subject to hydrolysis) is 1. The minimum atomic E-state index is -2.20. The highest BCUT2D eigenvalue weighted by Gasteiger charge is 2.49. The van der Waals surface area contributed by atoms with Gasteiger partial charge in [0.1, 0.15) is 42.1 Å². The molecule has 8 atom stereocenters. The van der Waals surface area contributed by atoms with E-state index in [9.17, 15) is 54.3 Å². The Hall–Kier alpha value is -5.32. The summed E-state index contributed by atoms with van der Waals surface area (Å²) in [4.78, 5) is 78.0. The molecule has 2 aromatic carbocycles. The maximum Gasteiger partial charge on any atom is 0.408 e. The quantitative estimate of drug-likeness (QED) is 0.108. The third kappa shape index (κ3) is 7.92. The molecule has 1 saturated carbocycles. The molecule has 0 radical (unpaired) electrons. The maximum absolute atomic E-state index is 14.0. The molecule has 2 aromatic rings. The number of aliphatic hydroxyl groups excluding tert-OH is 2. The first-order valence-electron chi connectivity index (χ1n) is 19.5. The number of methoxy groups -OCH3 is 1. The lowest BCUT2D eigenvalue weighted by Gasteiger charge is -2.43. The van der Waals surface area contributed by atoms with Gasteiger partial charge in [-0.25, -0.2) is 4.79 Å². The molecule has 6 rings (SSSR count). The van der Waals surface area contributed by atoms with Gasteiger partial charge >= 0.3 is 12.1 Å². The number of fused-ring (bicyclic) bond motifs is 3. The molecule has 312 valence electrons. The number of aliphatic hydroxyl groups is 3. The van der Waals surface area contributed by atoms with Crippen molar-refractivity contribution in [1.29, 1.82) is 0 Å². The number of carbonyl (C=O) groups is 6. The van der Waals surface area contributed by atoms with E-state index in [0.29, 0.717) is 25.7 Å². The van der Waals surface area contributed by atoms with Crippen LogP contribution in [0.3, 0.4) is 0 Å². The minimum absolute atomic E-state index is 0.0585. The number of allylic oxidation sites excluding steroid dienone is 1. The van der Waals surface area contributed by atoms with Gasteiger partial charge < -0.3 is 50.7 Å². The molecule has 0 unspecified atom stereocenters. The summed E-state index contributed by atoms with van der Waals surface area (Å²) in [5.74, 6) is -6.77. The number of ketones is 3. The highest BCUT2D eigenvalue weighted by Crippen LogP contribution is 2.54. The van der Waals surface area contributed by atoms with Crippen LogP contribution in [-0.4, -0.2) is 110 Å². The predicted molar refractivity (Wildman–Crippen MR) is 204 cm³/mol. The fraction of sp³-hybridized carbons (Fsp3) is 0.524. The van der Waals surface area contributed by atoms with Crippen LogP contribution in [0.25, 0.3) is 0 Å². The summed E-state index contributed by atoms with van der Waals surface area (Å²) in [5, 5.41) is 70.5. The second-order valence-electron chi connectivity index (χ2n) is 16.4. The van der Waals surface area contributed by atoms with Crippen molar-refractivity contribution >= 4 is 35.3 Å². The summed E-state index contributed by atoms with van der Waals surface area (Å²) in [6.07, 6.45) is 2.43. The summed E-state index contributed by atoms with van der Waals surface area (Å²) in [7, 11) is 1.33. The molecule has 1 fully saturated rings. The predicted octanol–water partition coefficient (Wildman–Crippen LogP) is 2.80. The largest absolute Gasteiger partial charge is 0.507 e. The van der Waals surface area contributed by atoms with Gasteiger partial charge in [0.15, 0.2) is 11.6 Å². The number of aliphatic carboxylic acids is 1. The molecule has 8 N–H and O–H groups in total. The van der Waals surface area contributed by atoms with E-state index in [1.807, 2.05) is 0 Å². The monoisotopic (exact) mass is 806 g/mol. The molecule has 0 aromatic heterocycles. The number of hydrogen-bond acceptors (Lipinski definition) is 13. The van der Waals surface area contributed by atoms with E-state index >= 15 is 0 Å². The lowest BCUT2D eigenvalue weighted by molar-refractivity contribution is -0.142. The Balaban J connectivity index is 1.24. The van der Waals surface area contributed by atoms with E-state index in [-0.39, 0.29) is 65.5 Å². The maximum atomic E-state index is 14.0. The molecule has 0 aliphatic heterocycles. The first-order chi connectivity index (χ1) is 27.4. The number of phenolic OH excluding ortho intramolecular Hbond substituents is 2. The Kier molecular flexibility index (Phi) is 12.0. The normalized spacial score (nSPS) is 29.7. The topological polar surface area (TPSA) is 266 Å². The molecular formula is C42H50N2O14. The van der Waals surface area contributed by atoms with Crippen LogP contribution in [-0.2, 0) is 25.5 Å². The second-order valence-corrected chi connectivity index (χ2v) is 16.4. The van der Waals surface area contributed by atoms with Crippen molar-refractivity contribution in [2.24, 2.45) is 17.3 Å². The van der Waals surface area contributed by atoms with Crippen LogP contribution >= 0.6 is 0 Å². The average Bonchev–Trinajstić information content (AvgIpc) is 3.18. The molecule has 4 aliphatic carbocycles. The standard InChI is InChI=1S/C42H50N2O14/c1-20-13-21(15-26(34(20)49)44-40(55)58-23-7-4-5-11-41(2,12-10-23)39(54)43-18-29(47)48)14-22-16-42(56,28(46)19-45)17-25-30(22)37(52)33-32(36(25)51)35(50)24-8-6-9-27(57-3)31(24)38(33)53/h4,6-9,20-23,26,34,45,49,51-52,56H,5,10-19H2,1-3H3,(H,43,54)(H,44,55)(H,47,48)/b7-4+/t20-,21+,22+,23+,26+,34-,41-,42-/m1/s1. The summed E-state index contributed by atoms with van der Waals surface area (Å²) in [6.45, 7) is 1.99.